The molecule has 0 bridgehead atoms. The Balaban J connectivity index is 1.67. The largest absolute Gasteiger partial charge is 0.371 e. The summed E-state index contributed by atoms with van der Waals surface area (Å²) in [5.74, 6) is 0.147. The summed E-state index contributed by atoms with van der Waals surface area (Å²) in [7, 11) is 2.09. The average Bonchev–Trinajstić information content (AvgIpc) is 2.89. The van der Waals surface area contributed by atoms with Crippen LogP contribution < -0.4 is 0 Å². The van der Waals surface area contributed by atoms with Gasteiger partial charge in [-0.2, -0.15) is 0 Å². The zero-order valence-electron chi connectivity index (χ0n) is 16.5. The molecule has 0 saturated carbocycles. The molecule has 1 atom stereocenters. The highest BCUT2D eigenvalue weighted by Gasteiger charge is 2.31. The molecule has 0 unspecified atom stereocenters. The lowest BCUT2D eigenvalue weighted by molar-refractivity contribution is -0.128. The number of ether oxygens (including phenoxy) is 1. The van der Waals surface area contributed by atoms with Gasteiger partial charge in [-0.15, -0.1) is 11.3 Å². The van der Waals surface area contributed by atoms with Gasteiger partial charge in [0.25, 0.3) is 5.91 Å². The van der Waals surface area contributed by atoms with Crippen molar-refractivity contribution in [2.75, 3.05) is 52.9 Å². The zero-order valence-corrected chi connectivity index (χ0v) is 17.3. The van der Waals surface area contributed by atoms with Crippen LogP contribution in [-0.4, -0.2) is 79.4 Å². The first kappa shape index (κ1) is 19.4. The van der Waals surface area contributed by atoms with E-state index < -0.39 is 0 Å². The molecule has 2 saturated heterocycles. The Kier molecular flexibility index (Phi) is 5.66. The lowest BCUT2D eigenvalue weighted by atomic mass is 10.0. The number of hydrogen-bond acceptors (Lipinski definition) is 5. The maximum Gasteiger partial charge on any atom is 0.264 e. The number of fused-ring (bicyclic) bond motifs is 1. The molecule has 28 heavy (non-hydrogen) atoms. The molecule has 0 spiro atoms. The quantitative estimate of drug-likeness (QED) is 0.776. The fourth-order valence-corrected chi connectivity index (χ4v) is 5.30. The summed E-state index contributed by atoms with van der Waals surface area (Å²) in [5.41, 5.74) is 1.03. The second-order valence-corrected chi connectivity index (χ2v) is 8.67. The molecule has 4 rings (SSSR count). The van der Waals surface area contributed by atoms with Crippen molar-refractivity contribution in [2.45, 2.75) is 19.4 Å². The van der Waals surface area contributed by atoms with Crippen molar-refractivity contribution in [2.24, 2.45) is 0 Å². The first-order valence-corrected chi connectivity index (χ1v) is 10.7. The number of carbonyl (C=O) groups excluding carboxylic acids is 2. The standard InChI is InChI=1S/C21H27N3O3S/c1-15(25)23-8-5-9-24(11-10-23)21(26)20-19(17-14-22(2)12-13-27-17)16-6-3-4-7-18(16)28-20/h3-4,6-7,17H,5,8-14H2,1-2H3/t17-/m1/s1. The normalized spacial score (nSPS) is 21.7. The smallest absolute Gasteiger partial charge is 0.264 e. The van der Waals surface area contributed by atoms with Crippen LogP contribution in [-0.2, 0) is 9.53 Å². The number of likely N-dealkylation sites (N-methyl/N-ethyl adjacent to an activating group) is 1. The Hall–Kier alpha value is -1.96. The summed E-state index contributed by atoms with van der Waals surface area (Å²) in [6, 6.07) is 8.21. The lowest BCUT2D eigenvalue weighted by Gasteiger charge is -2.31. The van der Waals surface area contributed by atoms with E-state index in [4.69, 9.17) is 4.74 Å². The third-order valence-corrected chi connectivity index (χ3v) is 6.82. The Morgan fingerprint density at radius 3 is 2.61 bits per heavy atom. The number of benzene rings is 1. The maximum absolute atomic E-state index is 13.5. The molecule has 3 heterocycles. The van der Waals surface area contributed by atoms with E-state index in [1.807, 2.05) is 21.9 Å². The highest BCUT2D eigenvalue weighted by atomic mass is 32.1. The zero-order chi connectivity index (χ0) is 19.7. The highest BCUT2D eigenvalue weighted by molar-refractivity contribution is 7.21. The molecule has 7 heteroatoms. The number of morpholine rings is 1. The van der Waals surface area contributed by atoms with Crippen LogP contribution in [0.2, 0.25) is 0 Å². The highest BCUT2D eigenvalue weighted by Crippen LogP contribution is 2.38. The van der Waals surface area contributed by atoms with Crippen LogP contribution in [0.1, 0.15) is 34.7 Å². The first-order chi connectivity index (χ1) is 13.5. The van der Waals surface area contributed by atoms with Gasteiger partial charge < -0.3 is 19.4 Å². The van der Waals surface area contributed by atoms with Crippen molar-refractivity contribution in [1.29, 1.82) is 0 Å². The Morgan fingerprint density at radius 1 is 1.07 bits per heavy atom. The van der Waals surface area contributed by atoms with Gasteiger partial charge >= 0.3 is 0 Å². The minimum absolute atomic E-state index is 0.0680. The minimum Gasteiger partial charge on any atom is -0.371 e. The fourth-order valence-electron chi connectivity index (χ4n) is 4.08. The van der Waals surface area contributed by atoms with Gasteiger partial charge in [0.15, 0.2) is 0 Å². The van der Waals surface area contributed by atoms with Crippen LogP contribution >= 0.6 is 11.3 Å². The van der Waals surface area contributed by atoms with Crippen molar-refractivity contribution in [1.82, 2.24) is 14.7 Å². The van der Waals surface area contributed by atoms with Crippen LogP contribution in [0.15, 0.2) is 24.3 Å². The van der Waals surface area contributed by atoms with E-state index in [0.29, 0.717) is 26.2 Å². The maximum atomic E-state index is 13.5. The van der Waals surface area contributed by atoms with Crippen molar-refractivity contribution < 1.29 is 14.3 Å². The monoisotopic (exact) mass is 401 g/mol. The molecule has 1 aromatic carbocycles. The average molecular weight is 402 g/mol. The van der Waals surface area contributed by atoms with E-state index in [2.05, 4.69) is 24.1 Å². The summed E-state index contributed by atoms with van der Waals surface area (Å²) in [6.07, 6.45) is 0.725. The predicted octanol–water partition coefficient (Wildman–Crippen LogP) is 2.60. The fraction of sp³-hybridized carbons (Fsp3) is 0.524. The molecular formula is C21H27N3O3S. The summed E-state index contributed by atoms with van der Waals surface area (Å²) < 4.78 is 7.22. The Morgan fingerprint density at radius 2 is 1.82 bits per heavy atom. The van der Waals surface area contributed by atoms with E-state index in [1.165, 1.54) is 0 Å². The van der Waals surface area contributed by atoms with Crippen LogP contribution in [0.5, 0.6) is 0 Å². The molecule has 0 N–H and O–H groups in total. The molecule has 0 radical (unpaired) electrons. The summed E-state index contributed by atoms with van der Waals surface area (Å²) in [4.78, 5) is 32.0. The molecule has 150 valence electrons. The molecule has 2 amide bonds. The summed E-state index contributed by atoms with van der Waals surface area (Å²) >= 11 is 1.56. The summed E-state index contributed by atoms with van der Waals surface area (Å²) in [6.45, 7) is 6.56. The van der Waals surface area contributed by atoms with Gasteiger partial charge in [-0.3, -0.25) is 9.59 Å². The van der Waals surface area contributed by atoms with Gasteiger partial charge in [0, 0.05) is 56.5 Å². The molecule has 2 aromatic rings. The van der Waals surface area contributed by atoms with E-state index in [-0.39, 0.29) is 17.9 Å². The Labute approximate surface area is 169 Å². The topological polar surface area (TPSA) is 53.1 Å². The van der Waals surface area contributed by atoms with E-state index in [0.717, 1.165) is 46.6 Å². The molecule has 2 aliphatic heterocycles. The molecule has 2 aliphatic rings. The van der Waals surface area contributed by atoms with Gasteiger partial charge in [0.2, 0.25) is 5.91 Å². The van der Waals surface area contributed by atoms with Gasteiger partial charge in [-0.1, -0.05) is 18.2 Å². The van der Waals surface area contributed by atoms with E-state index in [9.17, 15) is 9.59 Å². The number of amides is 2. The first-order valence-electron chi connectivity index (χ1n) is 9.91. The van der Waals surface area contributed by atoms with Crippen LogP contribution in [0.4, 0.5) is 0 Å². The second kappa shape index (κ2) is 8.19. The predicted molar refractivity (Wildman–Crippen MR) is 111 cm³/mol. The molecule has 1 aromatic heterocycles. The number of thiophene rings is 1. The Bertz CT molecular complexity index is 881. The molecule has 2 fully saturated rings. The van der Waals surface area contributed by atoms with Crippen molar-refractivity contribution in [3.8, 4) is 0 Å². The number of carbonyl (C=O) groups is 2. The van der Waals surface area contributed by atoms with Crippen LogP contribution in [0.3, 0.4) is 0 Å². The van der Waals surface area contributed by atoms with Gasteiger partial charge in [-0.05, 0) is 24.9 Å². The van der Waals surface area contributed by atoms with Gasteiger partial charge in [0.1, 0.15) is 0 Å². The van der Waals surface area contributed by atoms with Crippen molar-refractivity contribution in [3.63, 3.8) is 0 Å². The second-order valence-electron chi connectivity index (χ2n) is 7.61. The lowest BCUT2D eigenvalue weighted by Crippen LogP contribution is -2.38. The van der Waals surface area contributed by atoms with E-state index >= 15 is 0 Å². The third kappa shape index (κ3) is 3.79. The number of rotatable bonds is 2. The number of nitrogens with zero attached hydrogens (tertiary/aromatic N) is 3. The van der Waals surface area contributed by atoms with E-state index in [1.54, 1.807) is 18.3 Å². The third-order valence-electron chi connectivity index (χ3n) is 5.65. The van der Waals surface area contributed by atoms with Gasteiger partial charge in [0.05, 0.1) is 17.6 Å². The van der Waals surface area contributed by atoms with Crippen LogP contribution in [0.25, 0.3) is 10.1 Å². The molecule has 6 nitrogen and oxygen atoms in total. The molecular weight excluding hydrogens is 374 g/mol. The van der Waals surface area contributed by atoms with Gasteiger partial charge in [-0.25, -0.2) is 0 Å². The minimum atomic E-state index is -0.0884. The number of hydrogen-bond donors (Lipinski definition) is 0. The molecule has 0 aliphatic carbocycles. The SMILES string of the molecule is CC(=O)N1CCCN(C(=O)c2sc3ccccc3c2[C@H]2CN(C)CCO2)CC1. The van der Waals surface area contributed by atoms with Crippen LogP contribution in [0, 0.1) is 0 Å². The van der Waals surface area contributed by atoms with Crippen molar-refractivity contribution in [3.05, 3.63) is 34.7 Å². The van der Waals surface area contributed by atoms with Crippen molar-refractivity contribution >= 4 is 33.2 Å². The summed E-state index contributed by atoms with van der Waals surface area (Å²) in [5, 5.41) is 1.12.